The highest BCUT2D eigenvalue weighted by molar-refractivity contribution is 7.92. The van der Waals surface area contributed by atoms with Crippen molar-refractivity contribution in [2.24, 2.45) is 0 Å². The van der Waals surface area contributed by atoms with Crippen molar-refractivity contribution < 1.29 is 13.2 Å². The van der Waals surface area contributed by atoms with Crippen molar-refractivity contribution >= 4 is 21.5 Å². The molecular formula is C24H29N5O3S. The molecule has 0 spiro atoms. The van der Waals surface area contributed by atoms with E-state index in [0.717, 1.165) is 48.8 Å². The van der Waals surface area contributed by atoms with Gasteiger partial charge in [0.15, 0.2) is 5.82 Å². The molecule has 9 heteroatoms. The molecule has 1 N–H and O–H groups in total. The Labute approximate surface area is 195 Å². The number of aromatic nitrogens is 2. The second-order valence-electron chi connectivity index (χ2n) is 8.34. The van der Waals surface area contributed by atoms with Gasteiger partial charge in [-0.3, -0.25) is 4.72 Å². The van der Waals surface area contributed by atoms with Crippen LogP contribution in [-0.2, 0) is 10.0 Å². The van der Waals surface area contributed by atoms with Gasteiger partial charge in [-0.15, -0.1) is 10.2 Å². The molecule has 3 aromatic rings. The molecule has 0 amide bonds. The van der Waals surface area contributed by atoms with Crippen LogP contribution in [0, 0.1) is 13.8 Å². The second-order valence-corrected chi connectivity index (χ2v) is 9.99. The fourth-order valence-electron chi connectivity index (χ4n) is 3.88. The summed E-state index contributed by atoms with van der Waals surface area (Å²) >= 11 is 0. The number of hydrogen-bond donors (Lipinski definition) is 1. The van der Waals surface area contributed by atoms with Gasteiger partial charge in [0.05, 0.1) is 17.7 Å². The van der Waals surface area contributed by atoms with Gasteiger partial charge in [-0.05, 0) is 68.4 Å². The van der Waals surface area contributed by atoms with E-state index >= 15 is 0 Å². The molecule has 1 saturated heterocycles. The Morgan fingerprint density at radius 3 is 2.21 bits per heavy atom. The van der Waals surface area contributed by atoms with Crippen molar-refractivity contribution in [2.45, 2.75) is 18.7 Å². The number of methoxy groups -OCH3 is 1. The van der Waals surface area contributed by atoms with Crippen molar-refractivity contribution in [1.82, 2.24) is 15.1 Å². The monoisotopic (exact) mass is 467 g/mol. The van der Waals surface area contributed by atoms with Crippen LogP contribution in [0.1, 0.15) is 11.1 Å². The number of nitrogens with one attached hydrogen (secondary N) is 1. The summed E-state index contributed by atoms with van der Waals surface area (Å²) in [5, 5.41) is 8.77. The average Bonchev–Trinajstić information content (AvgIpc) is 2.81. The van der Waals surface area contributed by atoms with Gasteiger partial charge < -0.3 is 14.5 Å². The number of hydrogen-bond acceptors (Lipinski definition) is 7. The lowest BCUT2D eigenvalue weighted by Crippen LogP contribution is -2.44. The van der Waals surface area contributed by atoms with Gasteiger partial charge in [-0.25, -0.2) is 8.42 Å². The van der Waals surface area contributed by atoms with Gasteiger partial charge in [-0.1, -0.05) is 12.1 Å². The quantitative estimate of drug-likeness (QED) is 0.595. The van der Waals surface area contributed by atoms with Crippen LogP contribution in [0.2, 0.25) is 0 Å². The number of anilines is 2. The summed E-state index contributed by atoms with van der Waals surface area (Å²) in [6.45, 7) is 7.47. The Bertz CT molecular complexity index is 1220. The lowest BCUT2D eigenvalue weighted by Gasteiger charge is -2.32. The van der Waals surface area contributed by atoms with Gasteiger partial charge in [0.25, 0.3) is 10.0 Å². The third kappa shape index (κ3) is 5.09. The molecule has 0 aliphatic carbocycles. The van der Waals surface area contributed by atoms with E-state index in [0.29, 0.717) is 17.0 Å². The molecule has 2 aromatic carbocycles. The molecule has 33 heavy (non-hydrogen) atoms. The zero-order chi connectivity index (χ0) is 23.6. The largest absolute Gasteiger partial charge is 0.496 e. The Hall–Kier alpha value is -3.17. The minimum Gasteiger partial charge on any atom is -0.496 e. The van der Waals surface area contributed by atoms with E-state index in [1.54, 1.807) is 38.3 Å². The standard InChI is InChI=1S/C24H29N5O3S/c1-17-16-23(18(2)15-22(17)32-4)33(30,31)27-20-7-5-19(6-8-20)21-9-10-24(26-25-21)29-13-11-28(3)12-14-29/h5-10,15-16,27H,11-14H2,1-4H3. The summed E-state index contributed by atoms with van der Waals surface area (Å²) in [5.41, 5.74) is 3.47. The maximum atomic E-state index is 13.0. The van der Waals surface area contributed by atoms with Gasteiger partial charge in [0.2, 0.25) is 0 Å². The van der Waals surface area contributed by atoms with E-state index in [9.17, 15) is 8.42 Å². The molecule has 0 atom stereocenters. The summed E-state index contributed by atoms with van der Waals surface area (Å²) in [6.07, 6.45) is 0. The minimum absolute atomic E-state index is 0.232. The molecule has 8 nitrogen and oxygen atoms in total. The smallest absolute Gasteiger partial charge is 0.262 e. The molecule has 1 aromatic heterocycles. The van der Waals surface area contributed by atoms with E-state index in [1.165, 1.54) is 0 Å². The lowest BCUT2D eigenvalue weighted by molar-refractivity contribution is 0.312. The van der Waals surface area contributed by atoms with Crippen LogP contribution in [0.25, 0.3) is 11.3 Å². The molecule has 0 unspecified atom stereocenters. The van der Waals surface area contributed by atoms with Crippen molar-refractivity contribution in [3.63, 3.8) is 0 Å². The van der Waals surface area contributed by atoms with Crippen molar-refractivity contribution in [3.05, 3.63) is 59.7 Å². The summed E-state index contributed by atoms with van der Waals surface area (Å²) in [5.74, 6) is 1.54. The molecule has 0 radical (unpaired) electrons. The summed E-state index contributed by atoms with van der Waals surface area (Å²) in [6, 6.07) is 14.4. The molecule has 1 fully saturated rings. The topological polar surface area (TPSA) is 87.7 Å². The molecule has 0 bridgehead atoms. The molecule has 4 rings (SSSR count). The first-order chi connectivity index (χ1) is 15.8. The van der Waals surface area contributed by atoms with Crippen molar-refractivity contribution in [1.29, 1.82) is 0 Å². The van der Waals surface area contributed by atoms with Crippen LogP contribution in [0.5, 0.6) is 5.75 Å². The number of piperazine rings is 1. The fraction of sp³-hybridized carbons (Fsp3) is 0.333. The summed E-state index contributed by atoms with van der Waals surface area (Å²) in [4.78, 5) is 4.76. The molecule has 1 aliphatic heterocycles. The third-order valence-electron chi connectivity index (χ3n) is 5.89. The van der Waals surface area contributed by atoms with Crippen LogP contribution in [-0.4, -0.2) is 63.9 Å². The zero-order valence-corrected chi connectivity index (χ0v) is 20.2. The Morgan fingerprint density at radius 2 is 1.61 bits per heavy atom. The van der Waals surface area contributed by atoms with Gasteiger partial charge in [0, 0.05) is 37.4 Å². The number of likely N-dealkylation sites (N-methyl/N-ethyl adjacent to an activating group) is 1. The van der Waals surface area contributed by atoms with Crippen LogP contribution in [0.4, 0.5) is 11.5 Å². The fourth-order valence-corrected chi connectivity index (χ4v) is 5.25. The number of nitrogens with zero attached hydrogens (tertiary/aromatic N) is 4. The van der Waals surface area contributed by atoms with Crippen LogP contribution >= 0.6 is 0 Å². The first kappa shape index (κ1) is 23.0. The zero-order valence-electron chi connectivity index (χ0n) is 19.4. The normalized spacial score (nSPS) is 14.8. The SMILES string of the molecule is COc1cc(C)c(S(=O)(=O)Nc2ccc(-c3ccc(N4CCN(C)CC4)nn3)cc2)cc1C. The van der Waals surface area contributed by atoms with Gasteiger partial charge in [0.1, 0.15) is 5.75 Å². The number of rotatable bonds is 6. The molecule has 2 heterocycles. The minimum atomic E-state index is -3.73. The van der Waals surface area contributed by atoms with E-state index in [2.05, 4.69) is 31.8 Å². The molecule has 174 valence electrons. The van der Waals surface area contributed by atoms with Crippen molar-refractivity contribution in [3.8, 4) is 17.0 Å². The highest BCUT2D eigenvalue weighted by Gasteiger charge is 2.19. The molecule has 0 saturated carbocycles. The first-order valence-electron chi connectivity index (χ1n) is 10.8. The number of aryl methyl sites for hydroxylation is 2. The highest BCUT2D eigenvalue weighted by atomic mass is 32.2. The summed E-state index contributed by atoms with van der Waals surface area (Å²) < 4.78 is 33.9. The van der Waals surface area contributed by atoms with E-state index in [-0.39, 0.29) is 4.90 Å². The van der Waals surface area contributed by atoms with Crippen LogP contribution in [0.3, 0.4) is 0 Å². The van der Waals surface area contributed by atoms with E-state index in [1.807, 2.05) is 31.2 Å². The lowest BCUT2D eigenvalue weighted by atomic mass is 10.1. The Balaban J connectivity index is 1.48. The number of sulfonamides is 1. The number of ether oxygens (including phenoxy) is 1. The average molecular weight is 468 g/mol. The highest BCUT2D eigenvalue weighted by Crippen LogP contribution is 2.28. The Kier molecular flexibility index (Phi) is 6.53. The first-order valence-corrected chi connectivity index (χ1v) is 12.3. The van der Waals surface area contributed by atoms with E-state index in [4.69, 9.17) is 4.74 Å². The predicted molar refractivity (Wildman–Crippen MR) is 130 cm³/mol. The molecular weight excluding hydrogens is 438 g/mol. The third-order valence-corrected chi connectivity index (χ3v) is 7.42. The van der Waals surface area contributed by atoms with Crippen molar-refractivity contribution in [2.75, 3.05) is 50.0 Å². The molecule has 1 aliphatic rings. The Morgan fingerprint density at radius 1 is 0.909 bits per heavy atom. The maximum Gasteiger partial charge on any atom is 0.262 e. The maximum absolute atomic E-state index is 13.0. The summed E-state index contributed by atoms with van der Waals surface area (Å²) in [7, 11) is -0.0438. The second kappa shape index (κ2) is 9.36. The predicted octanol–water partition coefficient (Wildman–Crippen LogP) is 3.32. The number of benzene rings is 2. The van der Waals surface area contributed by atoms with Crippen LogP contribution in [0.15, 0.2) is 53.4 Å². The van der Waals surface area contributed by atoms with Gasteiger partial charge in [-0.2, -0.15) is 0 Å². The van der Waals surface area contributed by atoms with Gasteiger partial charge >= 0.3 is 0 Å². The van der Waals surface area contributed by atoms with E-state index < -0.39 is 10.0 Å². The van der Waals surface area contributed by atoms with Crippen LogP contribution < -0.4 is 14.4 Å².